The normalized spacial score (nSPS) is 19.4. The number of rotatable bonds is 15. The molecule has 2 saturated heterocycles. The monoisotopic (exact) mass is 746 g/mol. The van der Waals surface area contributed by atoms with E-state index in [1.807, 2.05) is 83.4 Å². The third kappa shape index (κ3) is 9.60. The number of nitrogens with one attached hydrogen (secondary N) is 2. The summed E-state index contributed by atoms with van der Waals surface area (Å²) in [5.74, 6) is -0.853. The number of aliphatic hydroxyl groups is 1. The number of carbonyl (C=O) groups is 2. The highest BCUT2D eigenvalue weighted by Crippen LogP contribution is 2.39. The van der Waals surface area contributed by atoms with E-state index in [0.29, 0.717) is 38.6 Å². The second kappa shape index (κ2) is 18.0. The lowest BCUT2D eigenvalue weighted by Crippen LogP contribution is -2.43. The number of amides is 1. The Morgan fingerprint density at radius 3 is 2.29 bits per heavy atom. The molecule has 0 saturated carbocycles. The van der Waals surface area contributed by atoms with Gasteiger partial charge in [-0.25, -0.2) is 4.79 Å². The molecule has 0 spiro atoms. The van der Waals surface area contributed by atoms with Gasteiger partial charge in [0.05, 0.1) is 29.8 Å². The number of carboxylic acids is 1. The van der Waals surface area contributed by atoms with Gasteiger partial charge < -0.3 is 34.9 Å². The third-order valence-corrected chi connectivity index (χ3v) is 10.9. The summed E-state index contributed by atoms with van der Waals surface area (Å²) >= 11 is 0. The summed E-state index contributed by atoms with van der Waals surface area (Å²) < 4.78 is 15.3. The zero-order valence-corrected chi connectivity index (χ0v) is 31.1. The van der Waals surface area contributed by atoms with Gasteiger partial charge in [0, 0.05) is 57.0 Å². The molecule has 2 fully saturated rings. The number of carbonyl (C=O) groups excluding carboxylic acids is 1. The summed E-state index contributed by atoms with van der Waals surface area (Å²) in [5, 5.41) is 21.5. The molecule has 0 bridgehead atoms. The van der Waals surface area contributed by atoms with Gasteiger partial charge in [-0.3, -0.25) is 14.2 Å². The molecule has 288 valence electrons. The maximum atomic E-state index is 12.9. The van der Waals surface area contributed by atoms with Crippen LogP contribution in [0.1, 0.15) is 92.1 Å². The summed E-state index contributed by atoms with van der Waals surface area (Å²) in [6, 6.07) is 32.2. The number of ether oxygens (including phenoxy) is 2. The lowest BCUT2D eigenvalue weighted by molar-refractivity contribution is -0.253. The van der Waals surface area contributed by atoms with Crippen LogP contribution in [0.25, 0.3) is 22.2 Å². The van der Waals surface area contributed by atoms with Crippen LogP contribution in [0, 0.1) is 0 Å². The molecule has 2 aliphatic rings. The van der Waals surface area contributed by atoms with Crippen molar-refractivity contribution in [3.05, 3.63) is 130 Å². The molecule has 4 aromatic carbocycles. The van der Waals surface area contributed by atoms with Gasteiger partial charge in [0.2, 0.25) is 5.91 Å². The molecule has 0 radical (unpaired) electrons. The maximum Gasteiger partial charge on any atom is 0.326 e. The number of nitrogens with zero attached hydrogens (tertiary/aromatic N) is 2. The maximum absolute atomic E-state index is 12.9. The van der Waals surface area contributed by atoms with Crippen molar-refractivity contribution in [3.8, 4) is 11.1 Å². The van der Waals surface area contributed by atoms with Crippen molar-refractivity contribution in [2.75, 3.05) is 19.6 Å². The Bertz CT molecular complexity index is 2100. The van der Waals surface area contributed by atoms with Crippen molar-refractivity contribution < 1.29 is 29.3 Å². The minimum atomic E-state index is -0.808. The number of hydrogen-bond donors (Lipinski definition) is 4. The number of aliphatic hydroxyl groups excluding tert-OH is 1. The van der Waals surface area contributed by atoms with E-state index in [2.05, 4.69) is 33.4 Å². The Morgan fingerprint density at radius 2 is 1.53 bits per heavy atom. The molecule has 3 heterocycles. The number of benzene rings is 4. The minimum absolute atomic E-state index is 0.0151. The van der Waals surface area contributed by atoms with Crippen LogP contribution < -0.4 is 11.0 Å². The van der Waals surface area contributed by atoms with Crippen molar-refractivity contribution in [1.29, 1.82) is 0 Å². The molecule has 5 aromatic rings. The first-order valence-corrected chi connectivity index (χ1v) is 19.4. The molecule has 55 heavy (non-hydrogen) atoms. The Hall–Kier alpha value is -5.07. The number of H-pyrrole nitrogens is 1. The largest absolute Gasteiger partial charge is 0.481 e. The average molecular weight is 747 g/mol. The van der Waals surface area contributed by atoms with Gasteiger partial charge in [0.15, 0.2) is 6.29 Å². The van der Waals surface area contributed by atoms with E-state index >= 15 is 0 Å². The number of para-hydroxylation sites is 2. The number of aliphatic carboxylic acids is 1. The van der Waals surface area contributed by atoms with Crippen LogP contribution in [0.2, 0.25) is 0 Å². The van der Waals surface area contributed by atoms with E-state index in [1.54, 1.807) is 0 Å². The lowest BCUT2D eigenvalue weighted by Gasteiger charge is -2.40. The van der Waals surface area contributed by atoms with E-state index in [9.17, 15) is 19.5 Å². The summed E-state index contributed by atoms with van der Waals surface area (Å²) in [4.78, 5) is 41.6. The van der Waals surface area contributed by atoms with Crippen molar-refractivity contribution in [2.24, 2.45) is 0 Å². The van der Waals surface area contributed by atoms with Crippen LogP contribution in [0.4, 0.5) is 0 Å². The standard InChI is InChI=1S/C44H50N4O7/c49-29-30-14-16-32(17-15-30)40-26-36(28-47-24-22-35(23-25-47)48-39-11-7-6-10-38(39)46-44(48)53)54-43(55-40)33-20-18-31(19-21-33)37-9-5-4-8-34(37)27-45-41(50)12-2-1-3-13-42(51)52/h4-11,14-21,35-36,40,43,49H,1-3,12-13,22-29H2,(H,45,50)(H,46,53)(H,51,52)/t36-,40+,43+/m1/s1. The number of fused-ring (bicyclic) bond motifs is 1. The van der Waals surface area contributed by atoms with Crippen LogP contribution in [0.3, 0.4) is 0 Å². The number of piperidine rings is 1. The first kappa shape index (κ1) is 38.2. The molecule has 0 aliphatic carbocycles. The van der Waals surface area contributed by atoms with Gasteiger partial charge in [-0.1, -0.05) is 91.3 Å². The Labute approximate surface area is 320 Å². The zero-order chi connectivity index (χ0) is 38.1. The van der Waals surface area contributed by atoms with Crippen molar-refractivity contribution in [3.63, 3.8) is 0 Å². The van der Waals surface area contributed by atoms with Crippen molar-refractivity contribution in [1.82, 2.24) is 19.8 Å². The Balaban J connectivity index is 1.01. The number of likely N-dealkylation sites (tertiary alicyclic amines) is 1. The highest BCUT2D eigenvalue weighted by molar-refractivity contribution is 5.77. The molecule has 11 nitrogen and oxygen atoms in total. The van der Waals surface area contributed by atoms with Gasteiger partial charge in [-0.15, -0.1) is 0 Å². The van der Waals surface area contributed by atoms with Crippen LogP contribution in [-0.2, 0) is 32.2 Å². The number of aromatic nitrogens is 2. The molecule has 4 N–H and O–H groups in total. The number of unbranched alkanes of at least 4 members (excludes halogenated alkanes) is 2. The Morgan fingerprint density at radius 1 is 0.818 bits per heavy atom. The van der Waals surface area contributed by atoms with Crippen LogP contribution in [0.5, 0.6) is 0 Å². The smallest absolute Gasteiger partial charge is 0.326 e. The van der Waals surface area contributed by atoms with Crippen molar-refractivity contribution in [2.45, 2.75) is 89.1 Å². The third-order valence-electron chi connectivity index (χ3n) is 10.9. The quantitative estimate of drug-likeness (QED) is 0.0837. The number of imidazole rings is 1. The van der Waals surface area contributed by atoms with Crippen molar-refractivity contribution >= 4 is 22.9 Å². The summed E-state index contributed by atoms with van der Waals surface area (Å²) in [5.41, 5.74) is 7.63. The predicted molar refractivity (Wildman–Crippen MR) is 210 cm³/mol. The SMILES string of the molecule is O=C(O)CCCCCC(=O)NCc1ccccc1-c1ccc([C@H]2O[C@@H](CN3CCC(n4c(=O)[nH]c5ccccc54)CC3)C[C@@H](c3ccc(CO)cc3)O2)cc1. The fourth-order valence-corrected chi connectivity index (χ4v) is 7.91. The van der Waals surface area contributed by atoms with E-state index < -0.39 is 12.3 Å². The van der Waals surface area contributed by atoms with Crippen LogP contribution in [-0.4, -0.2) is 62.3 Å². The average Bonchev–Trinajstić information content (AvgIpc) is 3.55. The van der Waals surface area contributed by atoms with Crippen LogP contribution >= 0.6 is 0 Å². The van der Waals surface area contributed by atoms with E-state index in [-0.39, 0.29) is 42.9 Å². The number of aromatic amines is 1. The molecule has 11 heteroatoms. The highest BCUT2D eigenvalue weighted by Gasteiger charge is 2.34. The van der Waals surface area contributed by atoms with Gasteiger partial charge in [-0.2, -0.15) is 0 Å². The van der Waals surface area contributed by atoms with Gasteiger partial charge in [0.1, 0.15) is 0 Å². The fraction of sp³-hybridized carbons (Fsp3) is 0.386. The van der Waals surface area contributed by atoms with Gasteiger partial charge in [0.25, 0.3) is 0 Å². The Kier molecular flexibility index (Phi) is 12.5. The molecule has 7 rings (SSSR count). The molecule has 1 aromatic heterocycles. The molecular weight excluding hydrogens is 697 g/mol. The predicted octanol–water partition coefficient (Wildman–Crippen LogP) is 7.02. The number of hydrogen-bond acceptors (Lipinski definition) is 7. The molecular formula is C44H50N4O7. The lowest BCUT2D eigenvalue weighted by atomic mass is 9.97. The highest BCUT2D eigenvalue weighted by atomic mass is 16.7. The van der Waals surface area contributed by atoms with E-state index in [1.165, 1.54) is 0 Å². The second-order valence-electron chi connectivity index (χ2n) is 14.7. The van der Waals surface area contributed by atoms with E-state index in [0.717, 1.165) is 76.9 Å². The second-order valence-corrected chi connectivity index (χ2v) is 14.7. The molecule has 1 amide bonds. The van der Waals surface area contributed by atoms with E-state index in [4.69, 9.17) is 14.6 Å². The minimum Gasteiger partial charge on any atom is -0.481 e. The summed E-state index contributed by atoms with van der Waals surface area (Å²) in [6.45, 7) is 2.85. The van der Waals surface area contributed by atoms with Gasteiger partial charge >= 0.3 is 11.7 Å². The topological polar surface area (TPSA) is 146 Å². The first-order valence-electron chi connectivity index (χ1n) is 19.4. The summed E-state index contributed by atoms with van der Waals surface area (Å²) in [6.07, 6.45) is 4.03. The molecule has 3 atom stereocenters. The fourth-order valence-electron chi connectivity index (χ4n) is 7.91. The summed E-state index contributed by atoms with van der Waals surface area (Å²) in [7, 11) is 0. The first-order chi connectivity index (χ1) is 26.8. The molecule has 0 unspecified atom stereocenters. The zero-order valence-electron chi connectivity index (χ0n) is 31.1. The van der Waals surface area contributed by atoms with Gasteiger partial charge in [-0.05, 0) is 65.6 Å². The molecule has 2 aliphatic heterocycles. The number of carboxylic acid groups (broad SMARTS) is 1. The van der Waals surface area contributed by atoms with Crippen LogP contribution in [0.15, 0.2) is 102 Å².